The van der Waals surface area contributed by atoms with Crippen molar-refractivity contribution in [1.82, 2.24) is 4.90 Å². The summed E-state index contributed by atoms with van der Waals surface area (Å²) in [5.41, 5.74) is 0.855. The molecular formula is C16H18FNO3S. The summed E-state index contributed by atoms with van der Waals surface area (Å²) in [7, 11) is 1.63. The number of benzene rings is 1. The molecule has 0 bridgehead atoms. The molecule has 1 aliphatic heterocycles. The second kappa shape index (κ2) is 6.32. The standard InChI is InChI=1S/C16H18FNO3S/c1-10-13-7-11(17)3-4-14(13)22-15(10)16(19)18-8-12(9-18)21-6-5-20-2/h3-4,7,12H,5-6,8-9H2,1-2H3. The summed E-state index contributed by atoms with van der Waals surface area (Å²) in [5, 5.41) is 0.821. The van der Waals surface area contributed by atoms with Gasteiger partial charge in [0.05, 0.1) is 24.2 Å². The number of hydrogen-bond acceptors (Lipinski definition) is 4. The number of ether oxygens (including phenoxy) is 2. The molecule has 0 atom stereocenters. The molecule has 2 aromatic rings. The maximum absolute atomic E-state index is 13.3. The lowest BCUT2D eigenvalue weighted by molar-refractivity contribution is -0.0553. The highest BCUT2D eigenvalue weighted by Gasteiger charge is 2.33. The van der Waals surface area contributed by atoms with Crippen LogP contribution >= 0.6 is 11.3 Å². The number of rotatable bonds is 5. The van der Waals surface area contributed by atoms with Gasteiger partial charge in [-0.25, -0.2) is 4.39 Å². The molecule has 1 fully saturated rings. The Morgan fingerprint density at radius 2 is 2.18 bits per heavy atom. The molecule has 1 aromatic carbocycles. The zero-order valence-electron chi connectivity index (χ0n) is 12.6. The number of amides is 1. The number of likely N-dealkylation sites (tertiary alicyclic amines) is 1. The molecule has 118 valence electrons. The fourth-order valence-electron chi connectivity index (χ4n) is 2.55. The van der Waals surface area contributed by atoms with E-state index in [1.807, 2.05) is 6.92 Å². The van der Waals surface area contributed by atoms with Gasteiger partial charge >= 0.3 is 0 Å². The summed E-state index contributed by atoms with van der Waals surface area (Å²) in [6, 6.07) is 4.65. The van der Waals surface area contributed by atoms with E-state index in [-0.39, 0.29) is 17.8 Å². The van der Waals surface area contributed by atoms with Crippen molar-refractivity contribution < 1.29 is 18.7 Å². The second-order valence-corrected chi connectivity index (χ2v) is 6.44. The topological polar surface area (TPSA) is 38.8 Å². The SMILES string of the molecule is COCCOC1CN(C(=O)c2sc3ccc(F)cc3c2C)C1. The number of fused-ring (bicyclic) bond motifs is 1. The van der Waals surface area contributed by atoms with E-state index in [4.69, 9.17) is 9.47 Å². The van der Waals surface area contributed by atoms with Crippen LogP contribution in [0.1, 0.15) is 15.2 Å². The molecule has 0 unspecified atom stereocenters. The van der Waals surface area contributed by atoms with Crippen molar-refractivity contribution in [2.24, 2.45) is 0 Å². The fourth-order valence-corrected chi connectivity index (χ4v) is 3.71. The normalized spacial score (nSPS) is 15.3. The number of carbonyl (C=O) groups is 1. The molecule has 0 spiro atoms. The maximum Gasteiger partial charge on any atom is 0.264 e. The average molecular weight is 323 g/mol. The number of aryl methyl sites for hydroxylation is 1. The van der Waals surface area contributed by atoms with Crippen LogP contribution in [0.15, 0.2) is 18.2 Å². The first-order valence-corrected chi connectivity index (χ1v) is 8.00. The van der Waals surface area contributed by atoms with Gasteiger partial charge in [0, 0.05) is 24.9 Å². The third-order valence-electron chi connectivity index (χ3n) is 3.87. The van der Waals surface area contributed by atoms with Gasteiger partial charge in [-0.1, -0.05) is 0 Å². The predicted octanol–water partition coefficient (Wildman–Crippen LogP) is 2.84. The van der Waals surface area contributed by atoms with Gasteiger partial charge in [-0.3, -0.25) is 4.79 Å². The molecule has 3 rings (SSSR count). The minimum absolute atomic E-state index is 0.00528. The van der Waals surface area contributed by atoms with Gasteiger partial charge in [-0.05, 0) is 36.1 Å². The molecule has 0 radical (unpaired) electrons. The van der Waals surface area contributed by atoms with E-state index in [1.54, 1.807) is 18.1 Å². The Labute approximate surface area is 132 Å². The van der Waals surface area contributed by atoms with Crippen LogP contribution in [0, 0.1) is 12.7 Å². The van der Waals surface area contributed by atoms with Crippen LogP contribution in [0.4, 0.5) is 4.39 Å². The van der Waals surface area contributed by atoms with E-state index in [9.17, 15) is 9.18 Å². The molecule has 22 heavy (non-hydrogen) atoms. The highest BCUT2D eigenvalue weighted by molar-refractivity contribution is 7.21. The van der Waals surface area contributed by atoms with Crippen LogP contribution < -0.4 is 0 Å². The maximum atomic E-state index is 13.3. The van der Waals surface area contributed by atoms with E-state index in [1.165, 1.54) is 23.5 Å². The first-order chi connectivity index (χ1) is 10.6. The van der Waals surface area contributed by atoms with Crippen LogP contribution in [-0.2, 0) is 9.47 Å². The Hall–Kier alpha value is -1.50. The molecule has 1 amide bonds. The third kappa shape index (κ3) is 2.86. The molecule has 1 aromatic heterocycles. The minimum Gasteiger partial charge on any atom is -0.382 e. The van der Waals surface area contributed by atoms with Crippen molar-refractivity contribution in [3.63, 3.8) is 0 Å². The summed E-state index contributed by atoms with van der Waals surface area (Å²) >= 11 is 1.42. The van der Waals surface area contributed by atoms with Crippen LogP contribution in [0.25, 0.3) is 10.1 Å². The van der Waals surface area contributed by atoms with Gasteiger partial charge in [0.1, 0.15) is 5.82 Å². The summed E-state index contributed by atoms with van der Waals surface area (Å²) < 4.78 is 24.8. The quantitative estimate of drug-likeness (QED) is 0.794. The number of halogens is 1. The molecule has 2 heterocycles. The molecule has 0 saturated carbocycles. The van der Waals surface area contributed by atoms with Crippen molar-refractivity contribution in [3.05, 3.63) is 34.5 Å². The molecule has 0 aliphatic carbocycles. The monoisotopic (exact) mass is 323 g/mol. The molecular weight excluding hydrogens is 305 g/mol. The Morgan fingerprint density at radius 3 is 2.91 bits per heavy atom. The Kier molecular flexibility index (Phi) is 4.42. The van der Waals surface area contributed by atoms with E-state index in [0.717, 1.165) is 15.6 Å². The van der Waals surface area contributed by atoms with Crippen molar-refractivity contribution >= 4 is 27.3 Å². The van der Waals surface area contributed by atoms with E-state index >= 15 is 0 Å². The predicted molar refractivity (Wildman–Crippen MR) is 84.0 cm³/mol. The fraction of sp³-hybridized carbons (Fsp3) is 0.438. The smallest absolute Gasteiger partial charge is 0.264 e. The molecule has 4 nitrogen and oxygen atoms in total. The Balaban J connectivity index is 1.68. The largest absolute Gasteiger partial charge is 0.382 e. The van der Waals surface area contributed by atoms with Crippen molar-refractivity contribution in [1.29, 1.82) is 0 Å². The van der Waals surface area contributed by atoms with E-state index in [2.05, 4.69) is 0 Å². The van der Waals surface area contributed by atoms with Crippen LogP contribution in [0.2, 0.25) is 0 Å². The van der Waals surface area contributed by atoms with Crippen molar-refractivity contribution in [2.45, 2.75) is 13.0 Å². The van der Waals surface area contributed by atoms with Crippen molar-refractivity contribution in [2.75, 3.05) is 33.4 Å². The Morgan fingerprint density at radius 1 is 1.41 bits per heavy atom. The van der Waals surface area contributed by atoms with E-state index in [0.29, 0.717) is 31.2 Å². The highest BCUT2D eigenvalue weighted by Crippen LogP contribution is 2.33. The summed E-state index contributed by atoms with van der Waals surface area (Å²) in [6.45, 7) is 4.18. The Bertz CT molecular complexity index is 694. The number of methoxy groups -OCH3 is 1. The summed E-state index contributed by atoms with van der Waals surface area (Å²) in [4.78, 5) is 15.0. The van der Waals surface area contributed by atoms with Crippen LogP contribution in [0.3, 0.4) is 0 Å². The number of nitrogens with zero attached hydrogens (tertiary/aromatic N) is 1. The third-order valence-corrected chi connectivity index (χ3v) is 5.13. The summed E-state index contributed by atoms with van der Waals surface area (Å²) in [6.07, 6.45) is 0.0891. The van der Waals surface area contributed by atoms with Crippen LogP contribution in [0.5, 0.6) is 0 Å². The molecule has 0 N–H and O–H groups in total. The molecule has 1 saturated heterocycles. The first-order valence-electron chi connectivity index (χ1n) is 7.18. The highest BCUT2D eigenvalue weighted by atomic mass is 32.1. The average Bonchev–Trinajstić information content (AvgIpc) is 2.78. The zero-order valence-corrected chi connectivity index (χ0v) is 13.4. The summed E-state index contributed by atoms with van der Waals surface area (Å²) in [5.74, 6) is -0.270. The van der Waals surface area contributed by atoms with Gasteiger partial charge in [0.25, 0.3) is 5.91 Å². The lowest BCUT2D eigenvalue weighted by atomic mass is 10.1. The lowest BCUT2D eigenvalue weighted by Gasteiger charge is -2.38. The molecule has 1 aliphatic rings. The van der Waals surface area contributed by atoms with Crippen LogP contribution in [-0.4, -0.2) is 50.3 Å². The van der Waals surface area contributed by atoms with Gasteiger partial charge < -0.3 is 14.4 Å². The van der Waals surface area contributed by atoms with Gasteiger partial charge in [-0.2, -0.15) is 0 Å². The first kappa shape index (κ1) is 15.4. The number of hydrogen-bond donors (Lipinski definition) is 0. The lowest BCUT2D eigenvalue weighted by Crippen LogP contribution is -2.54. The van der Waals surface area contributed by atoms with E-state index < -0.39 is 0 Å². The van der Waals surface area contributed by atoms with Gasteiger partial charge in [0.15, 0.2) is 0 Å². The van der Waals surface area contributed by atoms with Crippen molar-refractivity contribution in [3.8, 4) is 0 Å². The second-order valence-electron chi connectivity index (χ2n) is 5.39. The number of carbonyl (C=O) groups excluding carboxylic acids is 1. The number of thiophene rings is 1. The molecule has 6 heteroatoms. The minimum atomic E-state index is -0.275. The van der Waals surface area contributed by atoms with Gasteiger partial charge in [-0.15, -0.1) is 11.3 Å². The van der Waals surface area contributed by atoms with Gasteiger partial charge in [0.2, 0.25) is 0 Å². The zero-order chi connectivity index (χ0) is 15.7.